The summed E-state index contributed by atoms with van der Waals surface area (Å²) in [5.41, 5.74) is 0.967. The molecule has 0 saturated carbocycles. The van der Waals surface area contributed by atoms with Gasteiger partial charge in [-0.25, -0.2) is 9.97 Å². The lowest BCUT2D eigenvalue weighted by atomic mass is 10.4. The van der Waals surface area contributed by atoms with Gasteiger partial charge in [0.15, 0.2) is 0 Å². The van der Waals surface area contributed by atoms with Gasteiger partial charge in [-0.2, -0.15) is 0 Å². The number of ether oxygens (including phenoxy) is 1. The Labute approximate surface area is 94.1 Å². The van der Waals surface area contributed by atoms with E-state index in [0.717, 1.165) is 11.5 Å². The molecular formula is C11H14N4O. The topological polar surface area (TPSA) is 52.0 Å². The second kappa shape index (κ2) is 4.65. The molecular weight excluding hydrogens is 204 g/mol. The van der Waals surface area contributed by atoms with E-state index < -0.39 is 0 Å². The van der Waals surface area contributed by atoms with Gasteiger partial charge in [-0.15, -0.1) is 0 Å². The predicted octanol–water partition coefficient (Wildman–Crippen LogP) is 1.44. The van der Waals surface area contributed by atoms with Crippen molar-refractivity contribution < 1.29 is 4.74 Å². The number of rotatable bonds is 4. The molecule has 2 heterocycles. The molecule has 1 N–H and O–H groups in total. The Bertz CT molecular complexity index is 467. The highest BCUT2D eigenvalue weighted by molar-refractivity contribution is 5.44. The summed E-state index contributed by atoms with van der Waals surface area (Å²) in [5, 5.41) is 3.26. The molecule has 0 spiro atoms. The first-order chi connectivity index (χ1) is 7.79. The minimum absolute atomic E-state index is 0.602. The Balaban J connectivity index is 2.02. The van der Waals surface area contributed by atoms with E-state index in [0.29, 0.717) is 12.4 Å². The van der Waals surface area contributed by atoms with E-state index in [4.69, 9.17) is 4.74 Å². The monoisotopic (exact) mass is 218 g/mol. The Kier molecular flexibility index (Phi) is 3.05. The van der Waals surface area contributed by atoms with Crippen molar-refractivity contribution in [2.45, 2.75) is 6.54 Å². The molecule has 0 radical (unpaired) electrons. The average molecular weight is 218 g/mol. The van der Waals surface area contributed by atoms with Crippen molar-refractivity contribution in [3.63, 3.8) is 0 Å². The summed E-state index contributed by atoms with van der Waals surface area (Å²) in [6, 6.07) is 3.74. The van der Waals surface area contributed by atoms with Crippen LogP contribution in [0.15, 0.2) is 30.7 Å². The number of imidazole rings is 1. The van der Waals surface area contributed by atoms with E-state index in [9.17, 15) is 0 Å². The van der Waals surface area contributed by atoms with Gasteiger partial charge >= 0.3 is 0 Å². The maximum absolute atomic E-state index is 5.04. The van der Waals surface area contributed by atoms with Crippen LogP contribution in [-0.2, 0) is 13.6 Å². The largest absolute Gasteiger partial charge is 0.481 e. The first-order valence-electron chi connectivity index (χ1n) is 4.99. The second-order valence-corrected chi connectivity index (χ2v) is 3.39. The van der Waals surface area contributed by atoms with Crippen molar-refractivity contribution in [3.05, 3.63) is 36.5 Å². The number of anilines is 1. The van der Waals surface area contributed by atoms with Crippen LogP contribution in [0.4, 0.5) is 5.69 Å². The first kappa shape index (κ1) is 10.5. The SMILES string of the molecule is COc1cc(NCc2nccn2C)ccn1. The number of aromatic nitrogens is 3. The summed E-state index contributed by atoms with van der Waals surface area (Å²) in [4.78, 5) is 8.26. The van der Waals surface area contributed by atoms with E-state index in [1.807, 2.05) is 29.9 Å². The van der Waals surface area contributed by atoms with Crippen LogP contribution in [0.25, 0.3) is 0 Å². The first-order valence-corrected chi connectivity index (χ1v) is 4.99. The maximum atomic E-state index is 5.04. The van der Waals surface area contributed by atoms with Gasteiger partial charge in [-0.3, -0.25) is 0 Å². The molecule has 5 nitrogen and oxygen atoms in total. The van der Waals surface area contributed by atoms with Crippen molar-refractivity contribution in [2.24, 2.45) is 7.05 Å². The summed E-state index contributed by atoms with van der Waals surface area (Å²) in [6.07, 6.45) is 5.41. The van der Waals surface area contributed by atoms with E-state index >= 15 is 0 Å². The standard InChI is InChI=1S/C11H14N4O/c1-15-6-5-12-10(15)8-14-9-3-4-13-11(7-9)16-2/h3-7H,8H2,1-2H3,(H,13,14). The third-order valence-corrected chi connectivity index (χ3v) is 2.32. The molecule has 16 heavy (non-hydrogen) atoms. The van der Waals surface area contributed by atoms with E-state index in [1.54, 1.807) is 19.5 Å². The lowest BCUT2D eigenvalue weighted by Crippen LogP contribution is -2.05. The fraction of sp³-hybridized carbons (Fsp3) is 0.273. The lowest BCUT2D eigenvalue weighted by Gasteiger charge is -2.07. The number of nitrogens with one attached hydrogen (secondary N) is 1. The number of hydrogen-bond donors (Lipinski definition) is 1. The Morgan fingerprint density at radius 3 is 2.94 bits per heavy atom. The van der Waals surface area contributed by atoms with Crippen LogP contribution in [-0.4, -0.2) is 21.6 Å². The van der Waals surface area contributed by atoms with Crippen molar-refractivity contribution in [1.82, 2.24) is 14.5 Å². The van der Waals surface area contributed by atoms with Crippen LogP contribution in [0.2, 0.25) is 0 Å². The molecule has 0 atom stereocenters. The van der Waals surface area contributed by atoms with Gasteiger partial charge in [-0.1, -0.05) is 0 Å². The number of nitrogens with zero attached hydrogens (tertiary/aromatic N) is 3. The summed E-state index contributed by atoms with van der Waals surface area (Å²) in [7, 11) is 3.57. The smallest absolute Gasteiger partial charge is 0.214 e. The Hall–Kier alpha value is -2.04. The van der Waals surface area contributed by atoms with Crippen LogP contribution in [0.5, 0.6) is 5.88 Å². The molecule has 0 saturated heterocycles. The molecule has 2 aromatic heterocycles. The number of pyridine rings is 1. The molecule has 0 fully saturated rings. The molecule has 0 unspecified atom stereocenters. The molecule has 0 amide bonds. The second-order valence-electron chi connectivity index (χ2n) is 3.39. The summed E-state index contributed by atoms with van der Waals surface area (Å²) in [5.74, 6) is 1.58. The van der Waals surface area contributed by atoms with Crippen molar-refractivity contribution in [2.75, 3.05) is 12.4 Å². The highest BCUT2D eigenvalue weighted by Gasteiger charge is 2.00. The predicted molar refractivity (Wildman–Crippen MR) is 61.3 cm³/mol. The van der Waals surface area contributed by atoms with Gasteiger partial charge in [0, 0.05) is 37.4 Å². The minimum Gasteiger partial charge on any atom is -0.481 e. The summed E-state index contributed by atoms with van der Waals surface area (Å²) >= 11 is 0. The Morgan fingerprint density at radius 2 is 2.25 bits per heavy atom. The van der Waals surface area contributed by atoms with Crippen LogP contribution in [0, 0.1) is 0 Å². The van der Waals surface area contributed by atoms with Crippen molar-refractivity contribution in [3.8, 4) is 5.88 Å². The zero-order chi connectivity index (χ0) is 11.4. The van der Waals surface area contributed by atoms with Crippen LogP contribution < -0.4 is 10.1 Å². The molecule has 5 heteroatoms. The molecule has 2 aromatic rings. The fourth-order valence-electron chi connectivity index (χ4n) is 1.38. The van der Waals surface area contributed by atoms with Crippen LogP contribution >= 0.6 is 0 Å². The van der Waals surface area contributed by atoms with E-state index in [2.05, 4.69) is 15.3 Å². The highest BCUT2D eigenvalue weighted by atomic mass is 16.5. The zero-order valence-corrected chi connectivity index (χ0v) is 9.34. The van der Waals surface area contributed by atoms with Gasteiger partial charge in [0.25, 0.3) is 0 Å². The lowest BCUT2D eigenvalue weighted by molar-refractivity contribution is 0.398. The third-order valence-electron chi connectivity index (χ3n) is 2.32. The summed E-state index contributed by atoms with van der Waals surface area (Å²) < 4.78 is 7.02. The normalized spacial score (nSPS) is 10.1. The molecule has 0 aliphatic heterocycles. The fourth-order valence-corrected chi connectivity index (χ4v) is 1.38. The van der Waals surface area contributed by atoms with Gasteiger partial charge in [0.05, 0.1) is 13.7 Å². The number of aryl methyl sites for hydroxylation is 1. The number of hydrogen-bond acceptors (Lipinski definition) is 4. The van der Waals surface area contributed by atoms with Gasteiger partial charge in [-0.05, 0) is 6.07 Å². The van der Waals surface area contributed by atoms with E-state index in [-0.39, 0.29) is 0 Å². The molecule has 0 bridgehead atoms. The van der Waals surface area contributed by atoms with Gasteiger partial charge in [0.1, 0.15) is 5.82 Å². The third kappa shape index (κ3) is 2.31. The molecule has 0 aliphatic rings. The molecule has 0 aromatic carbocycles. The molecule has 2 rings (SSSR count). The maximum Gasteiger partial charge on any atom is 0.214 e. The van der Waals surface area contributed by atoms with Crippen LogP contribution in [0.3, 0.4) is 0 Å². The number of methoxy groups -OCH3 is 1. The van der Waals surface area contributed by atoms with Crippen molar-refractivity contribution in [1.29, 1.82) is 0 Å². The average Bonchev–Trinajstić information content (AvgIpc) is 2.72. The quantitative estimate of drug-likeness (QED) is 0.843. The zero-order valence-electron chi connectivity index (χ0n) is 9.34. The van der Waals surface area contributed by atoms with E-state index in [1.165, 1.54) is 0 Å². The van der Waals surface area contributed by atoms with Gasteiger partial charge in [0.2, 0.25) is 5.88 Å². The highest BCUT2D eigenvalue weighted by Crippen LogP contribution is 2.13. The molecule has 84 valence electrons. The van der Waals surface area contributed by atoms with Gasteiger partial charge < -0.3 is 14.6 Å². The molecule has 0 aliphatic carbocycles. The van der Waals surface area contributed by atoms with Crippen LogP contribution in [0.1, 0.15) is 5.82 Å². The van der Waals surface area contributed by atoms with Crippen molar-refractivity contribution >= 4 is 5.69 Å². The summed E-state index contributed by atoms with van der Waals surface area (Å²) in [6.45, 7) is 0.677. The Morgan fingerprint density at radius 1 is 1.38 bits per heavy atom. The minimum atomic E-state index is 0.602.